The van der Waals surface area contributed by atoms with Gasteiger partial charge in [-0.1, -0.05) is 0 Å². The Bertz CT molecular complexity index is 679. The zero-order valence-corrected chi connectivity index (χ0v) is 14.7. The van der Waals surface area contributed by atoms with E-state index in [0.717, 1.165) is 37.3 Å². The maximum atomic E-state index is 12.6. The fourth-order valence-electron chi connectivity index (χ4n) is 2.95. The fourth-order valence-corrected chi connectivity index (χ4v) is 3.74. The van der Waals surface area contributed by atoms with E-state index in [1.807, 2.05) is 16.8 Å². The maximum Gasteiger partial charge on any atom is 0.255 e. The number of nitrogens with one attached hydrogen (secondary N) is 1. The van der Waals surface area contributed by atoms with Crippen LogP contribution >= 0.6 is 11.3 Å². The highest BCUT2D eigenvalue weighted by molar-refractivity contribution is 7.08. The van der Waals surface area contributed by atoms with Crippen molar-refractivity contribution < 1.29 is 9.90 Å². The Morgan fingerprint density at radius 2 is 2.17 bits per heavy atom. The lowest BCUT2D eigenvalue weighted by Crippen LogP contribution is -2.39. The second-order valence-electron chi connectivity index (χ2n) is 6.39. The number of aromatic nitrogens is 1. The van der Waals surface area contributed by atoms with Crippen LogP contribution in [0.3, 0.4) is 0 Å². The molecular formula is C18H23N3O2S. The van der Waals surface area contributed by atoms with Crippen molar-refractivity contribution in [2.75, 3.05) is 24.5 Å². The lowest BCUT2D eigenvalue weighted by molar-refractivity contribution is 0.0530. The molecule has 1 aliphatic heterocycles. The van der Waals surface area contributed by atoms with Crippen LogP contribution in [-0.2, 0) is 5.60 Å². The molecule has 128 valence electrons. The van der Waals surface area contributed by atoms with Gasteiger partial charge in [0.2, 0.25) is 0 Å². The van der Waals surface area contributed by atoms with E-state index in [4.69, 9.17) is 0 Å². The number of amides is 1. The number of hydrogen-bond donors (Lipinski definition) is 2. The molecule has 2 N–H and O–H groups in total. The number of carbonyl (C=O) groups excluding carboxylic acids is 1. The lowest BCUT2D eigenvalue weighted by Gasteiger charge is -2.29. The van der Waals surface area contributed by atoms with Crippen LogP contribution in [0.15, 0.2) is 35.2 Å². The first-order chi connectivity index (χ1) is 11.6. The van der Waals surface area contributed by atoms with Crippen LogP contribution in [0.4, 0.5) is 5.82 Å². The van der Waals surface area contributed by atoms with Gasteiger partial charge in [-0.15, -0.1) is 0 Å². The molecule has 2 aromatic heterocycles. The molecule has 0 radical (unpaired) electrons. The molecule has 24 heavy (non-hydrogen) atoms. The second-order valence-corrected chi connectivity index (χ2v) is 7.17. The first kappa shape index (κ1) is 16.9. The summed E-state index contributed by atoms with van der Waals surface area (Å²) in [7, 11) is 0. The number of aliphatic hydroxyl groups is 1. The van der Waals surface area contributed by atoms with Crippen LogP contribution in [0.5, 0.6) is 0 Å². The Hall–Kier alpha value is -1.92. The first-order valence-electron chi connectivity index (χ1n) is 8.31. The van der Waals surface area contributed by atoms with Crippen LogP contribution in [0.1, 0.15) is 42.1 Å². The third kappa shape index (κ3) is 3.76. The van der Waals surface area contributed by atoms with E-state index in [0.29, 0.717) is 5.56 Å². The topological polar surface area (TPSA) is 65.5 Å². The van der Waals surface area contributed by atoms with E-state index in [9.17, 15) is 9.90 Å². The number of thiophene rings is 1. The molecule has 1 fully saturated rings. The average molecular weight is 345 g/mol. The van der Waals surface area contributed by atoms with E-state index in [2.05, 4.69) is 15.2 Å². The van der Waals surface area contributed by atoms with Crippen molar-refractivity contribution in [1.29, 1.82) is 0 Å². The van der Waals surface area contributed by atoms with Crippen molar-refractivity contribution in [3.05, 3.63) is 46.3 Å². The molecule has 0 spiro atoms. The zero-order chi connectivity index (χ0) is 17.0. The number of anilines is 1. The highest BCUT2D eigenvalue weighted by Gasteiger charge is 2.26. The van der Waals surface area contributed by atoms with Crippen molar-refractivity contribution in [3.8, 4) is 0 Å². The summed E-state index contributed by atoms with van der Waals surface area (Å²) in [6.07, 6.45) is 5.21. The van der Waals surface area contributed by atoms with Crippen molar-refractivity contribution in [1.82, 2.24) is 10.3 Å². The van der Waals surface area contributed by atoms with Gasteiger partial charge in [0, 0.05) is 19.3 Å². The third-order valence-corrected chi connectivity index (χ3v) is 5.11. The van der Waals surface area contributed by atoms with Gasteiger partial charge in [0.25, 0.3) is 5.91 Å². The minimum Gasteiger partial charge on any atom is -0.384 e. The number of rotatable bonds is 5. The fraction of sp³-hybridized carbons (Fsp3) is 0.444. The van der Waals surface area contributed by atoms with Crippen LogP contribution in [0.2, 0.25) is 0 Å². The van der Waals surface area contributed by atoms with Crippen molar-refractivity contribution in [2.45, 2.75) is 31.8 Å². The van der Waals surface area contributed by atoms with Gasteiger partial charge in [-0.05, 0) is 60.7 Å². The smallest absolute Gasteiger partial charge is 0.255 e. The van der Waals surface area contributed by atoms with Gasteiger partial charge >= 0.3 is 0 Å². The molecular weight excluding hydrogens is 322 g/mol. The van der Waals surface area contributed by atoms with E-state index in [1.54, 1.807) is 25.3 Å². The van der Waals surface area contributed by atoms with Gasteiger partial charge in [0.1, 0.15) is 11.4 Å². The van der Waals surface area contributed by atoms with Gasteiger partial charge in [-0.25, -0.2) is 4.98 Å². The maximum absolute atomic E-state index is 12.6. The standard InChI is InChI=1S/C18H23N3O2S/c1-18(23,14-7-11-24-12-14)13-20-17(22)15-6-5-8-19-16(15)21-9-3-2-4-10-21/h5-8,11-12,23H,2-4,9-10,13H2,1H3,(H,20,22). The Kier molecular flexibility index (Phi) is 5.16. The number of pyridine rings is 1. The molecule has 2 aromatic rings. The number of hydrogen-bond acceptors (Lipinski definition) is 5. The summed E-state index contributed by atoms with van der Waals surface area (Å²) in [4.78, 5) is 19.2. The molecule has 0 saturated carbocycles. The zero-order valence-electron chi connectivity index (χ0n) is 13.9. The minimum absolute atomic E-state index is 0.164. The van der Waals surface area contributed by atoms with Gasteiger partial charge in [0.15, 0.2) is 0 Å². The summed E-state index contributed by atoms with van der Waals surface area (Å²) in [6.45, 7) is 3.74. The predicted molar refractivity (Wildman–Crippen MR) is 96.5 cm³/mol. The summed E-state index contributed by atoms with van der Waals surface area (Å²) in [5.74, 6) is 0.545. The molecule has 1 atom stereocenters. The number of carbonyl (C=O) groups is 1. The molecule has 1 amide bonds. The molecule has 1 unspecified atom stereocenters. The molecule has 3 heterocycles. The Labute approximate surface area is 146 Å². The Morgan fingerprint density at radius 1 is 1.38 bits per heavy atom. The van der Waals surface area contributed by atoms with Gasteiger partial charge < -0.3 is 15.3 Å². The molecule has 3 rings (SSSR count). The molecule has 1 aliphatic rings. The van der Waals surface area contributed by atoms with E-state index < -0.39 is 5.60 Å². The molecule has 6 heteroatoms. The van der Waals surface area contributed by atoms with Crippen molar-refractivity contribution >= 4 is 23.1 Å². The van der Waals surface area contributed by atoms with Gasteiger partial charge in [0.05, 0.1) is 12.1 Å². The number of piperidine rings is 1. The quantitative estimate of drug-likeness (QED) is 0.874. The summed E-state index contributed by atoms with van der Waals surface area (Å²) in [5.41, 5.74) is 0.305. The largest absolute Gasteiger partial charge is 0.384 e. The summed E-state index contributed by atoms with van der Waals surface area (Å²) in [6, 6.07) is 5.45. The molecule has 0 aliphatic carbocycles. The average Bonchev–Trinajstić information content (AvgIpc) is 3.16. The Morgan fingerprint density at radius 3 is 2.88 bits per heavy atom. The monoisotopic (exact) mass is 345 g/mol. The SMILES string of the molecule is CC(O)(CNC(=O)c1cccnc1N1CCCCC1)c1ccsc1. The van der Waals surface area contributed by atoms with E-state index >= 15 is 0 Å². The Balaban J connectivity index is 1.71. The van der Waals surface area contributed by atoms with Crippen molar-refractivity contribution in [3.63, 3.8) is 0 Å². The van der Waals surface area contributed by atoms with Crippen LogP contribution < -0.4 is 10.2 Å². The van der Waals surface area contributed by atoms with Gasteiger partial charge in [-0.2, -0.15) is 11.3 Å². The normalized spacial score (nSPS) is 17.3. The predicted octanol–water partition coefficient (Wildman–Crippen LogP) is 2.77. The summed E-state index contributed by atoms with van der Waals surface area (Å²) < 4.78 is 0. The highest BCUT2D eigenvalue weighted by Crippen LogP contribution is 2.24. The molecule has 5 nitrogen and oxygen atoms in total. The molecule has 0 bridgehead atoms. The first-order valence-corrected chi connectivity index (χ1v) is 9.25. The van der Waals surface area contributed by atoms with E-state index in [1.165, 1.54) is 17.8 Å². The number of nitrogens with zero attached hydrogens (tertiary/aromatic N) is 2. The van der Waals surface area contributed by atoms with Crippen LogP contribution in [-0.4, -0.2) is 35.6 Å². The second kappa shape index (κ2) is 7.32. The summed E-state index contributed by atoms with van der Waals surface area (Å²) >= 11 is 1.53. The van der Waals surface area contributed by atoms with Crippen LogP contribution in [0.25, 0.3) is 0 Å². The van der Waals surface area contributed by atoms with Crippen LogP contribution in [0, 0.1) is 0 Å². The third-order valence-electron chi connectivity index (χ3n) is 4.42. The van der Waals surface area contributed by atoms with E-state index in [-0.39, 0.29) is 12.5 Å². The summed E-state index contributed by atoms with van der Waals surface area (Å²) in [5, 5.41) is 17.2. The minimum atomic E-state index is -1.08. The molecule has 0 aromatic carbocycles. The van der Waals surface area contributed by atoms with Gasteiger partial charge in [-0.3, -0.25) is 4.79 Å². The lowest BCUT2D eigenvalue weighted by atomic mass is 9.99. The molecule has 1 saturated heterocycles. The highest BCUT2D eigenvalue weighted by atomic mass is 32.1. The van der Waals surface area contributed by atoms with Crippen molar-refractivity contribution in [2.24, 2.45) is 0 Å².